The second-order valence-electron chi connectivity index (χ2n) is 4.35. The molecule has 1 aromatic carbocycles. The van der Waals surface area contributed by atoms with Crippen LogP contribution in [-0.4, -0.2) is 0 Å². The molecular weight excluding hydrogens is 168 g/mol. The summed E-state index contributed by atoms with van der Waals surface area (Å²) in [5.74, 6) is 0.466. The van der Waals surface area contributed by atoms with Crippen molar-refractivity contribution in [2.45, 2.75) is 40.5 Å². The average molecular weight is 188 g/mol. The van der Waals surface area contributed by atoms with Gasteiger partial charge in [-0.3, -0.25) is 0 Å². The second-order valence-corrected chi connectivity index (χ2v) is 4.35. The van der Waals surface area contributed by atoms with E-state index >= 15 is 0 Å². The molecule has 0 spiro atoms. The zero-order chi connectivity index (χ0) is 10.9. The minimum atomic E-state index is 0.466. The highest BCUT2D eigenvalue weighted by atomic mass is 14.1. The molecule has 0 N–H and O–H groups in total. The number of allylic oxidation sites excluding steroid dienone is 1. The highest BCUT2D eigenvalue weighted by Crippen LogP contribution is 2.26. The van der Waals surface area contributed by atoms with Crippen molar-refractivity contribution in [2.75, 3.05) is 0 Å². The molecule has 0 aliphatic rings. The number of hydrogen-bond acceptors (Lipinski definition) is 0. The van der Waals surface area contributed by atoms with Gasteiger partial charge in [-0.2, -0.15) is 0 Å². The Morgan fingerprint density at radius 1 is 1.14 bits per heavy atom. The Morgan fingerprint density at radius 2 is 1.57 bits per heavy atom. The van der Waals surface area contributed by atoms with Crippen molar-refractivity contribution in [1.82, 2.24) is 0 Å². The first-order chi connectivity index (χ1) is 6.43. The fraction of sp³-hybridized carbons (Fsp3) is 0.429. The summed E-state index contributed by atoms with van der Waals surface area (Å²) in [7, 11) is 0. The summed E-state index contributed by atoms with van der Waals surface area (Å²) in [6.07, 6.45) is 0. The van der Waals surface area contributed by atoms with Crippen LogP contribution in [0.2, 0.25) is 0 Å². The van der Waals surface area contributed by atoms with Crippen molar-refractivity contribution in [2.24, 2.45) is 0 Å². The van der Waals surface area contributed by atoms with Crippen molar-refractivity contribution in [3.63, 3.8) is 0 Å². The van der Waals surface area contributed by atoms with Gasteiger partial charge in [-0.15, -0.1) is 0 Å². The molecule has 0 radical (unpaired) electrons. The van der Waals surface area contributed by atoms with Crippen molar-refractivity contribution in [1.29, 1.82) is 0 Å². The topological polar surface area (TPSA) is 0 Å². The average Bonchev–Trinajstić information content (AvgIpc) is 2.12. The number of benzene rings is 1. The van der Waals surface area contributed by atoms with E-state index in [0.29, 0.717) is 5.92 Å². The third-order valence-corrected chi connectivity index (χ3v) is 3.19. The first kappa shape index (κ1) is 11.0. The number of rotatable bonds is 2. The Bertz CT molecular complexity index is 335. The van der Waals surface area contributed by atoms with Gasteiger partial charge in [0, 0.05) is 5.92 Å². The molecule has 0 aromatic heterocycles. The van der Waals surface area contributed by atoms with Gasteiger partial charge in [-0.1, -0.05) is 31.2 Å². The van der Waals surface area contributed by atoms with Gasteiger partial charge in [0.05, 0.1) is 0 Å². The first-order valence-corrected chi connectivity index (χ1v) is 5.16. The van der Waals surface area contributed by atoms with Crippen molar-refractivity contribution >= 4 is 0 Å². The fourth-order valence-electron chi connectivity index (χ4n) is 1.60. The molecule has 0 heterocycles. The molecule has 1 unspecified atom stereocenters. The SMILES string of the molecule is C=C(C)C(C)c1cc(C)c(C)c(C)c1. The Hall–Kier alpha value is -1.04. The molecule has 0 nitrogen and oxygen atoms in total. The standard InChI is InChI=1S/C14H20/c1-9(2)12(5)14-7-10(3)13(6)11(4)8-14/h7-8,12H,1H2,2-6H3. The van der Waals surface area contributed by atoms with E-state index in [1.165, 1.54) is 27.8 Å². The lowest BCUT2D eigenvalue weighted by atomic mass is 9.90. The summed E-state index contributed by atoms with van der Waals surface area (Å²) < 4.78 is 0. The molecule has 1 rings (SSSR count). The molecule has 0 aliphatic heterocycles. The third kappa shape index (κ3) is 2.06. The van der Waals surface area contributed by atoms with Gasteiger partial charge in [0.15, 0.2) is 0 Å². The van der Waals surface area contributed by atoms with Crippen LogP contribution in [0.25, 0.3) is 0 Å². The predicted octanol–water partition coefficient (Wildman–Crippen LogP) is 4.29. The second kappa shape index (κ2) is 4.00. The number of aryl methyl sites for hydroxylation is 2. The molecule has 1 aromatic rings. The molecule has 76 valence electrons. The highest BCUT2D eigenvalue weighted by Gasteiger charge is 2.08. The van der Waals surface area contributed by atoms with Crippen LogP contribution < -0.4 is 0 Å². The predicted molar refractivity (Wildman–Crippen MR) is 63.9 cm³/mol. The molecule has 0 aliphatic carbocycles. The van der Waals surface area contributed by atoms with Crippen LogP contribution in [0.1, 0.15) is 42.0 Å². The van der Waals surface area contributed by atoms with Gasteiger partial charge in [-0.25, -0.2) is 0 Å². The van der Waals surface area contributed by atoms with Crippen LogP contribution in [0.15, 0.2) is 24.3 Å². The Morgan fingerprint density at radius 3 is 1.93 bits per heavy atom. The van der Waals surface area contributed by atoms with E-state index in [4.69, 9.17) is 0 Å². The lowest BCUT2D eigenvalue weighted by Gasteiger charge is -2.15. The lowest BCUT2D eigenvalue weighted by molar-refractivity contribution is 0.893. The van der Waals surface area contributed by atoms with E-state index in [2.05, 4.69) is 53.3 Å². The summed E-state index contributed by atoms with van der Waals surface area (Å²) in [6.45, 7) is 14.9. The molecule has 0 saturated carbocycles. The van der Waals surface area contributed by atoms with E-state index in [9.17, 15) is 0 Å². The summed E-state index contributed by atoms with van der Waals surface area (Å²) in [5.41, 5.74) is 6.79. The van der Waals surface area contributed by atoms with E-state index in [0.717, 1.165) is 0 Å². The Kier molecular flexibility index (Phi) is 3.15. The van der Waals surface area contributed by atoms with Crippen molar-refractivity contribution in [3.8, 4) is 0 Å². The Labute approximate surface area is 87.7 Å². The van der Waals surface area contributed by atoms with Gasteiger partial charge in [-0.05, 0) is 49.9 Å². The maximum Gasteiger partial charge on any atom is 0.00145 e. The van der Waals surface area contributed by atoms with Crippen molar-refractivity contribution in [3.05, 3.63) is 46.5 Å². The summed E-state index contributed by atoms with van der Waals surface area (Å²) in [4.78, 5) is 0. The third-order valence-electron chi connectivity index (χ3n) is 3.19. The van der Waals surface area contributed by atoms with Crippen LogP contribution in [0.3, 0.4) is 0 Å². The van der Waals surface area contributed by atoms with Crippen LogP contribution in [0.5, 0.6) is 0 Å². The quantitative estimate of drug-likeness (QED) is 0.607. The first-order valence-electron chi connectivity index (χ1n) is 5.16. The summed E-state index contributed by atoms with van der Waals surface area (Å²) >= 11 is 0. The van der Waals surface area contributed by atoms with E-state index in [-0.39, 0.29) is 0 Å². The number of hydrogen-bond donors (Lipinski definition) is 0. The Balaban J connectivity index is 3.19. The fourth-order valence-corrected chi connectivity index (χ4v) is 1.60. The molecule has 1 atom stereocenters. The molecular formula is C14H20. The normalized spacial score (nSPS) is 12.6. The van der Waals surface area contributed by atoms with Crippen LogP contribution in [-0.2, 0) is 0 Å². The van der Waals surface area contributed by atoms with Crippen molar-refractivity contribution < 1.29 is 0 Å². The van der Waals surface area contributed by atoms with Gasteiger partial charge in [0.2, 0.25) is 0 Å². The van der Waals surface area contributed by atoms with Gasteiger partial charge in [0.1, 0.15) is 0 Å². The minimum Gasteiger partial charge on any atom is -0.0995 e. The summed E-state index contributed by atoms with van der Waals surface area (Å²) in [6, 6.07) is 4.56. The lowest BCUT2D eigenvalue weighted by Crippen LogP contribution is -1.97. The van der Waals surface area contributed by atoms with Gasteiger partial charge in [0.25, 0.3) is 0 Å². The van der Waals surface area contributed by atoms with Gasteiger partial charge >= 0.3 is 0 Å². The minimum absolute atomic E-state index is 0.466. The maximum atomic E-state index is 4.01. The zero-order valence-corrected chi connectivity index (χ0v) is 9.94. The van der Waals surface area contributed by atoms with Crippen LogP contribution >= 0.6 is 0 Å². The molecule has 0 saturated heterocycles. The molecule has 0 heteroatoms. The maximum absolute atomic E-state index is 4.01. The van der Waals surface area contributed by atoms with E-state index in [1.54, 1.807) is 0 Å². The molecule has 14 heavy (non-hydrogen) atoms. The smallest absolute Gasteiger partial charge is 0.00145 e. The van der Waals surface area contributed by atoms with Crippen LogP contribution in [0.4, 0.5) is 0 Å². The molecule has 0 amide bonds. The largest absolute Gasteiger partial charge is 0.0995 e. The van der Waals surface area contributed by atoms with E-state index in [1.807, 2.05) is 0 Å². The molecule has 0 bridgehead atoms. The monoisotopic (exact) mass is 188 g/mol. The summed E-state index contributed by atoms with van der Waals surface area (Å²) in [5, 5.41) is 0. The van der Waals surface area contributed by atoms with E-state index < -0.39 is 0 Å². The van der Waals surface area contributed by atoms with Gasteiger partial charge < -0.3 is 0 Å². The molecule has 0 fully saturated rings. The zero-order valence-electron chi connectivity index (χ0n) is 9.94. The van der Waals surface area contributed by atoms with Crippen LogP contribution in [0, 0.1) is 20.8 Å². The highest BCUT2D eigenvalue weighted by molar-refractivity contribution is 5.40.